The summed E-state index contributed by atoms with van der Waals surface area (Å²) in [6.45, 7) is 3.23. The molecule has 1 aliphatic rings. The Morgan fingerprint density at radius 2 is 1.70 bits per heavy atom. The number of methoxy groups -OCH3 is 1. The fraction of sp³-hybridized carbons (Fsp3) is 0.609. The van der Waals surface area contributed by atoms with Crippen LogP contribution < -0.4 is 5.32 Å². The van der Waals surface area contributed by atoms with Crippen molar-refractivity contribution in [2.24, 2.45) is 5.92 Å². The van der Waals surface area contributed by atoms with Gasteiger partial charge in [0.25, 0.3) is 5.91 Å². The van der Waals surface area contributed by atoms with Crippen molar-refractivity contribution in [2.45, 2.75) is 69.4 Å². The minimum absolute atomic E-state index is 0.0172. The normalized spacial score (nSPS) is 15.8. The molecule has 1 aromatic rings. The van der Waals surface area contributed by atoms with Gasteiger partial charge in [-0.3, -0.25) is 4.79 Å². The molecule has 0 heterocycles. The zero-order valence-electron chi connectivity index (χ0n) is 19.7. The van der Waals surface area contributed by atoms with Gasteiger partial charge in [-0.15, -0.1) is 0 Å². The van der Waals surface area contributed by atoms with Gasteiger partial charge < -0.3 is 14.8 Å². The minimum Gasteiger partial charge on any atom is -0.467 e. The third-order valence-corrected chi connectivity index (χ3v) is 7.64. The van der Waals surface area contributed by atoms with Gasteiger partial charge in [-0.2, -0.15) is 4.31 Å². The molecule has 1 atom stereocenters. The van der Waals surface area contributed by atoms with Gasteiger partial charge in [0.05, 0.1) is 17.6 Å². The maximum absolute atomic E-state index is 12.9. The Bertz CT molecular complexity index is 923. The molecule has 0 aromatic heterocycles. The first-order valence-electron chi connectivity index (χ1n) is 11.2. The van der Waals surface area contributed by atoms with E-state index in [1.165, 1.54) is 35.7 Å². The number of hydrogen-bond acceptors (Lipinski definition) is 7. The number of sulfonamides is 1. The summed E-state index contributed by atoms with van der Waals surface area (Å²) in [7, 11) is -0.843. The fourth-order valence-electron chi connectivity index (χ4n) is 3.85. The van der Waals surface area contributed by atoms with Gasteiger partial charge in [-0.05, 0) is 49.4 Å². The molecular formula is C23H34N2O7S. The molecule has 0 radical (unpaired) electrons. The number of benzene rings is 1. The summed E-state index contributed by atoms with van der Waals surface area (Å²) in [5, 5.41) is 2.50. The van der Waals surface area contributed by atoms with Crippen molar-refractivity contribution in [3.05, 3.63) is 29.8 Å². The summed E-state index contributed by atoms with van der Waals surface area (Å²) >= 11 is 0. The second-order valence-corrected chi connectivity index (χ2v) is 10.7. The Kier molecular flexibility index (Phi) is 9.85. The number of rotatable bonds is 10. The van der Waals surface area contributed by atoms with Gasteiger partial charge in [0.2, 0.25) is 10.0 Å². The van der Waals surface area contributed by atoms with E-state index >= 15 is 0 Å². The molecule has 0 aliphatic heterocycles. The van der Waals surface area contributed by atoms with Crippen molar-refractivity contribution in [3.63, 3.8) is 0 Å². The second kappa shape index (κ2) is 12.1. The molecule has 1 aromatic carbocycles. The van der Waals surface area contributed by atoms with Crippen LogP contribution in [0.25, 0.3) is 0 Å². The summed E-state index contributed by atoms with van der Waals surface area (Å²) in [6, 6.07) is 4.60. The van der Waals surface area contributed by atoms with Crippen molar-refractivity contribution in [1.29, 1.82) is 0 Å². The number of carbonyl (C=O) groups excluding carboxylic acids is 3. The van der Waals surface area contributed by atoms with E-state index in [-0.39, 0.29) is 22.4 Å². The molecule has 0 bridgehead atoms. The molecule has 2 rings (SSSR count). The quantitative estimate of drug-likeness (QED) is 0.509. The van der Waals surface area contributed by atoms with Crippen molar-refractivity contribution in [2.75, 3.05) is 20.8 Å². The first-order valence-corrected chi connectivity index (χ1v) is 12.6. The highest BCUT2D eigenvalue weighted by atomic mass is 32.2. The Morgan fingerprint density at radius 1 is 1.09 bits per heavy atom. The molecule has 33 heavy (non-hydrogen) atoms. The summed E-state index contributed by atoms with van der Waals surface area (Å²) in [5.74, 6) is -1.83. The average Bonchev–Trinajstić information content (AvgIpc) is 2.81. The number of hydrogen-bond donors (Lipinski definition) is 1. The molecule has 1 N–H and O–H groups in total. The number of amides is 1. The van der Waals surface area contributed by atoms with Crippen LogP contribution in [-0.2, 0) is 29.1 Å². The lowest BCUT2D eigenvalue weighted by molar-refractivity contribution is -0.145. The first kappa shape index (κ1) is 26.8. The number of carbonyl (C=O) groups is 3. The van der Waals surface area contributed by atoms with E-state index in [9.17, 15) is 22.8 Å². The topological polar surface area (TPSA) is 119 Å². The standard InChI is InChI=1S/C23H34N2O7S/c1-16(2)14-20(23(28)31-4)24-21(26)15-32-22(27)17-10-12-19(13-11-17)33(29,30)25(3)18-8-6-5-7-9-18/h10-13,16,18,20H,5-9,14-15H2,1-4H3,(H,24,26). The van der Waals surface area contributed by atoms with Crippen LogP contribution in [0.3, 0.4) is 0 Å². The monoisotopic (exact) mass is 482 g/mol. The molecule has 1 saturated carbocycles. The number of esters is 2. The van der Waals surface area contributed by atoms with Gasteiger partial charge in [0.15, 0.2) is 6.61 Å². The number of nitrogens with one attached hydrogen (secondary N) is 1. The number of nitrogens with zero attached hydrogens (tertiary/aromatic N) is 1. The van der Waals surface area contributed by atoms with Crippen LogP contribution in [0.4, 0.5) is 0 Å². The SMILES string of the molecule is COC(=O)C(CC(C)C)NC(=O)COC(=O)c1ccc(S(=O)(=O)N(C)C2CCCCC2)cc1. The smallest absolute Gasteiger partial charge is 0.338 e. The average molecular weight is 483 g/mol. The predicted octanol–water partition coefficient (Wildman–Crippen LogP) is 2.50. The van der Waals surface area contributed by atoms with Crippen LogP contribution in [0.1, 0.15) is 62.7 Å². The van der Waals surface area contributed by atoms with E-state index in [4.69, 9.17) is 4.74 Å². The molecule has 9 nitrogen and oxygen atoms in total. The molecule has 1 unspecified atom stereocenters. The molecular weight excluding hydrogens is 448 g/mol. The molecule has 1 aliphatic carbocycles. The van der Waals surface area contributed by atoms with Crippen molar-refractivity contribution in [1.82, 2.24) is 9.62 Å². The number of ether oxygens (including phenoxy) is 2. The molecule has 0 saturated heterocycles. The Morgan fingerprint density at radius 3 is 2.24 bits per heavy atom. The van der Waals surface area contributed by atoms with Gasteiger partial charge in [0.1, 0.15) is 6.04 Å². The van der Waals surface area contributed by atoms with E-state index in [1.807, 2.05) is 13.8 Å². The van der Waals surface area contributed by atoms with Crippen molar-refractivity contribution < 1.29 is 32.3 Å². The Balaban J connectivity index is 1.95. The van der Waals surface area contributed by atoms with Gasteiger partial charge in [0, 0.05) is 13.1 Å². The van der Waals surface area contributed by atoms with E-state index in [0.29, 0.717) is 6.42 Å². The summed E-state index contributed by atoms with van der Waals surface area (Å²) in [4.78, 5) is 36.3. The molecule has 0 spiro atoms. The lowest BCUT2D eigenvalue weighted by Gasteiger charge is -2.30. The highest BCUT2D eigenvalue weighted by Gasteiger charge is 2.29. The molecule has 1 amide bonds. The highest BCUT2D eigenvalue weighted by molar-refractivity contribution is 7.89. The van der Waals surface area contributed by atoms with Crippen molar-refractivity contribution in [3.8, 4) is 0 Å². The van der Waals surface area contributed by atoms with E-state index in [2.05, 4.69) is 10.1 Å². The molecule has 1 fully saturated rings. The zero-order chi connectivity index (χ0) is 24.6. The Labute approximate surface area is 195 Å². The second-order valence-electron chi connectivity index (χ2n) is 8.69. The third-order valence-electron chi connectivity index (χ3n) is 5.72. The van der Waals surface area contributed by atoms with Crippen LogP contribution in [0, 0.1) is 5.92 Å². The van der Waals surface area contributed by atoms with Crippen LogP contribution in [0.15, 0.2) is 29.2 Å². The maximum Gasteiger partial charge on any atom is 0.338 e. The van der Waals surface area contributed by atoms with Gasteiger partial charge in [-0.1, -0.05) is 33.1 Å². The van der Waals surface area contributed by atoms with Gasteiger partial charge in [-0.25, -0.2) is 18.0 Å². The van der Waals surface area contributed by atoms with Crippen LogP contribution >= 0.6 is 0 Å². The Hall–Kier alpha value is -2.46. The van der Waals surface area contributed by atoms with Crippen LogP contribution in [0.2, 0.25) is 0 Å². The summed E-state index contributed by atoms with van der Waals surface area (Å²) in [6.07, 6.45) is 5.23. The zero-order valence-corrected chi connectivity index (χ0v) is 20.5. The van der Waals surface area contributed by atoms with Gasteiger partial charge >= 0.3 is 11.9 Å². The maximum atomic E-state index is 12.9. The molecule has 184 valence electrons. The lowest BCUT2D eigenvalue weighted by atomic mass is 9.96. The predicted molar refractivity (Wildman–Crippen MR) is 122 cm³/mol. The van der Waals surface area contributed by atoms with Crippen LogP contribution in [0.5, 0.6) is 0 Å². The van der Waals surface area contributed by atoms with Crippen LogP contribution in [-0.4, -0.2) is 63.4 Å². The lowest BCUT2D eigenvalue weighted by Crippen LogP contribution is -2.44. The highest BCUT2D eigenvalue weighted by Crippen LogP contribution is 2.26. The fourth-order valence-corrected chi connectivity index (χ4v) is 5.26. The molecule has 10 heteroatoms. The van der Waals surface area contributed by atoms with E-state index < -0.39 is 40.5 Å². The first-order chi connectivity index (χ1) is 15.6. The minimum atomic E-state index is -3.67. The van der Waals surface area contributed by atoms with E-state index in [0.717, 1.165) is 32.1 Å². The summed E-state index contributed by atoms with van der Waals surface area (Å²) in [5.41, 5.74) is 0.119. The largest absolute Gasteiger partial charge is 0.467 e. The van der Waals surface area contributed by atoms with E-state index in [1.54, 1.807) is 7.05 Å². The third kappa shape index (κ3) is 7.53. The van der Waals surface area contributed by atoms with Crippen molar-refractivity contribution >= 4 is 27.9 Å². The summed E-state index contributed by atoms with van der Waals surface area (Å²) < 4.78 is 36.9.